The largest absolute Gasteiger partial charge is 0.454 e. The topological polar surface area (TPSA) is 19.6 Å². The van der Waals surface area contributed by atoms with Gasteiger partial charge in [-0.15, -0.1) is 11.3 Å². The van der Waals surface area contributed by atoms with Gasteiger partial charge in [-0.25, -0.2) is 0 Å². The SMILES string of the molecule is c1ccc(N(c2ccc3ccccc3c2)c2ccc3c(oc4ccc5ccccc5c43)c2N(c2ccc3ccccc3c2)c2ccc3sc4ccccc4c3c2)cc1. The van der Waals surface area contributed by atoms with E-state index in [1.54, 1.807) is 0 Å². The molecule has 0 atom stereocenters. The van der Waals surface area contributed by atoms with E-state index in [2.05, 4.69) is 216 Å². The third-order valence-electron chi connectivity index (χ3n) is 11.6. The summed E-state index contributed by atoms with van der Waals surface area (Å²) in [6, 6.07) is 74.6. The fourth-order valence-corrected chi connectivity index (χ4v) is 9.96. The molecule has 0 radical (unpaired) electrons. The summed E-state index contributed by atoms with van der Waals surface area (Å²) in [4.78, 5) is 4.82. The lowest BCUT2D eigenvalue weighted by atomic mass is 10.0. The van der Waals surface area contributed by atoms with Crippen LogP contribution in [0.1, 0.15) is 0 Å². The van der Waals surface area contributed by atoms with Crippen LogP contribution in [0.3, 0.4) is 0 Å². The molecule has 0 fully saturated rings. The Hall–Kier alpha value is -7.40. The highest BCUT2D eigenvalue weighted by atomic mass is 32.1. The molecule has 12 aromatic rings. The van der Waals surface area contributed by atoms with Crippen LogP contribution in [0.5, 0.6) is 0 Å². The van der Waals surface area contributed by atoms with Crippen molar-refractivity contribution in [2.24, 2.45) is 0 Å². The van der Waals surface area contributed by atoms with Crippen molar-refractivity contribution >= 4 is 120 Å². The van der Waals surface area contributed by atoms with Gasteiger partial charge in [0.15, 0.2) is 5.58 Å². The Balaban J connectivity index is 1.23. The van der Waals surface area contributed by atoms with E-state index in [1.807, 2.05) is 11.3 Å². The smallest absolute Gasteiger partial charge is 0.161 e. The van der Waals surface area contributed by atoms with Crippen LogP contribution in [0.25, 0.3) is 74.4 Å². The number of benzene rings is 10. The van der Waals surface area contributed by atoms with Crippen LogP contribution >= 0.6 is 11.3 Å². The molecule has 12 rings (SSSR count). The van der Waals surface area contributed by atoms with Crippen molar-refractivity contribution < 1.29 is 4.42 Å². The van der Waals surface area contributed by atoms with Gasteiger partial charge in [0.25, 0.3) is 0 Å². The number of furan rings is 1. The Morgan fingerprint density at radius 3 is 1.67 bits per heavy atom. The van der Waals surface area contributed by atoms with Crippen LogP contribution in [0.4, 0.5) is 34.1 Å². The summed E-state index contributed by atoms with van der Waals surface area (Å²) < 4.78 is 9.76. The molecule has 0 unspecified atom stereocenters. The first-order chi connectivity index (χ1) is 28.7. The van der Waals surface area contributed by atoms with E-state index in [0.717, 1.165) is 56.1 Å². The van der Waals surface area contributed by atoms with E-state index in [-0.39, 0.29) is 0 Å². The zero-order chi connectivity index (χ0) is 38.2. The fourth-order valence-electron chi connectivity index (χ4n) is 8.88. The number of nitrogens with zero attached hydrogens (tertiary/aromatic N) is 2. The zero-order valence-electron chi connectivity index (χ0n) is 31.3. The Bertz CT molecular complexity index is 3550. The minimum Gasteiger partial charge on any atom is -0.454 e. The number of hydrogen-bond acceptors (Lipinski definition) is 4. The van der Waals surface area contributed by atoms with Crippen LogP contribution in [-0.4, -0.2) is 0 Å². The Morgan fingerprint density at radius 1 is 0.345 bits per heavy atom. The van der Waals surface area contributed by atoms with Gasteiger partial charge in [0.1, 0.15) is 11.3 Å². The van der Waals surface area contributed by atoms with Crippen molar-refractivity contribution in [2.45, 2.75) is 0 Å². The van der Waals surface area contributed by atoms with Crippen molar-refractivity contribution in [3.05, 3.63) is 206 Å². The van der Waals surface area contributed by atoms with Crippen LogP contribution < -0.4 is 9.80 Å². The summed E-state index contributed by atoms with van der Waals surface area (Å²) in [5, 5.41) is 11.8. The first kappa shape index (κ1) is 32.8. The van der Waals surface area contributed by atoms with Crippen molar-refractivity contribution in [3.63, 3.8) is 0 Å². The number of anilines is 6. The zero-order valence-corrected chi connectivity index (χ0v) is 32.2. The molecule has 0 aliphatic carbocycles. The van der Waals surface area contributed by atoms with E-state index in [0.29, 0.717) is 0 Å². The average molecular weight is 759 g/mol. The maximum absolute atomic E-state index is 7.21. The number of rotatable bonds is 6. The number of hydrogen-bond donors (Lipinski definition) is 0. The van der Waals surface area contributed by atoms with Crippen molar-refractivity contribution in [1.82, 2.24) is 0 Å². The molecule has 0 bridgehead atoms. The van der Waals surface area contributed by atoms with Gasteiger partial charge in [-0.1, -0.05) is 127 Å². The van der Waals surface area contributed by atoms with Crippen LogP contribution in [0, 0.1) is 0 Å². The molecule has 58 heavy (non-hydrogen) atoms. The molecule has 2 heterocycles. The minimum absolute atomic E-state index is 0.828. The van der Waals surface area contributed by atoms with Gasteiger partial charge in [0.2, 0.25) is 0 Å². The van der Waals surface area contributed by atoms with E-state index in [4.69, 9.17) is 4.42 Å². The molecular formula is C54H34N2OS. The highest BCUT2D eigenvalue weighted by molar-refractivity contribution is 7.25. The lowest BCUT2D eigenvalue weighted by Crippen LogP contribution is -2.17. The van der Waals surface area contributed by atoms with E-state index >= 15 is 0 Å². The molecule has 0 aliphatic heterocycles. The Kier molecular flexibility index (Phi) is 7.40. The first-order valence-electron chi connectivity index (χ1n) is 19.7. The molecule has 3 nitrogen and oxygen atoms in total. The number of fused-ring (bicyclic) bond motifs is 10. The summed E-state index contributed by atoms with van der Waals surface area (Å²) in [6.45, 7) is 0. The summed E-state index contributed by atoms with van der Waals surface area (Å²) >= 11 is 1.84. The van der Waals surface area contributed by atoms with Crippen molar-refractivity contribution in [1.29, 1.82) is 0 Å². The van der Waals surface area contributed by atoms with Crippen molar-refractivity contribution in [2.75, 3.05) is 9.80 Å². The predicted octanol–water partition coefficient (Wildman–Crippen LogP) is 16.4. The van der Waals surface area contributed by atoms with Gasteiger partial charge in [0, 0.05) is 53.7 Å². The molecular weight excluding hydrogens is 725 g/mol. The van der Waals surface area contributed by atoms with Crippen LogP contribution in [-0.2, 0) is 0 Å². The van der Waals surface area contributed by atoms with E-state index < -0.39 is 0 Å². The van der Waals surface area contributed by atoms with Crippen LogP contribution in [0.15, 0.2) is 211 Å². The predicted molar refractivity (Wildman–Crippen MR) is 248 cm³/mol. The van der Waals surface area contributed by atoms with Gasteiger partial charge in [0.05, 0.1) is 5.69 Å². The Morgan fingerprint density at radius 2 is 0.914 bits per heavy atom. The molecule has 0 spiro atoms. The normalized spacial score (nSPS) is 11.8. The van der Waals surface area contributed by atoms with Crippen LogP contribution in [0.2, 0.25) is 0 Å². The third-order valence-corrected chi connectivity index (χ3v) is 12.7. The highest BCUT2D eigenvalue weighted by Crippen LogP contribution is 2.52. The van der Waals surface area contributed by atoms with Gasteiger partial charge in [-0.05, 0) is 111 Å². The molecule has 0 aliphatic rings. The molecule has 0 amide bonds. The molecule has 4 heteroatoms. The first-order valence-corrected chi connectivity index (χ1v) is 20.5. The second-order valence-electron chi connectivity index (χ2n) is 14.9. The van der Waals surface area contributed by atoms with Gasteiger partial charge in [-0.3, -0.25) is 0 Å². The number of para-hydroxylation sites is 1. The lowest BCUT2D eigenvalue weighted by molar-refractivity contribution is 0.669. The number of thiophene rings is 1. The van der Waals surface area contributed by atoms with E-state index in [1.165, 1.54) is 52.5 Å². The molecule has 272 valence electrons. The summed E-state index contributed by atoms with van der Waals surface area (Å²) in [5.41, 5.74) is 7.86. The fraction of sp³-hybridized carbons (Fsp3) is 0. The lowest BCUT2D eigenvalue weighted by Gasteiger charge is -2.33. The quantitative estimate of drug-likeness (QED) is 0.168. The van der Waals surface area contributed by atoms with E-state index in [9.17, 15) is 0 Å². The maximum atomic E-state index is 7.21. The Labute approximate surface area is 338 Å². The summed E-state index contributed by atoms with van der Waals surface area (Å²) in [6.07, 6.45) is 0. The standard InChI is InChI=1S/C54H34N2OS/c1-2-17-40(18-3-1)55(41-25-22-35-12-4-6-15-38(35)32-41)48-29-28-46-52-44-19-9-8-14-37(44)24-30-49(52)57-54(46)53(48)56(42-26-23-36-13-5-7-16-39(36)33-42)43-27-31-51-47(34-43)45-20-10-11-21-50(45)58-51/h1-34H. The van der Waals surface area contributed by atoms with Gasteiger partial charge < -0.3 is 14.2 Å². The van der Waals surface area contributed by atoms with Gasteiger partial charge >= 0.3 is 0 Å². The molecule has 0 saturated carbocycles. The minimum atomic E-state index is 0.828. The molecule has 10 aromatic carbocycles. The molecule has 0 N–H and O–H groups in total. The summed E-state index contributed by atoms with van der Waals surface area (Å²) in [7, 11) is 0. The molecule has 0 saturated heterocycles. The maximum Gasteiger partial charge on any atom is 0.161 e. The van der Waals surface area contributed by atoms with Gasteiger partial charge in [-0.2, -0.15) is 0 Å². The summed E-state index contributed by atoms with van der Waals surface area (Å²) in [5.74, 6) is 0. The monoisotopic (exact) mass is 758 g/mol. The molecule has 2 aromatic heterocycles. The average Bonchev–Trinajstić information content (AvgIpc) is 3.86. The second-order valence-corrected chi connectivity index (χ2v) is 16.0. The second kappa shape index (κ2) is 13.1. The highest BCUT2D eigenvalue weighted by Gasteiger charge is 2.28. The third kappa shape index (κ3) is 5.19. The van der Waals surface area contributed by atoms with Crippen molar-refractivity contribution in [3.8, 4) is 0 Å².